The maximum Gasteiger partial charge on any atom is 0.332 e. The number of halogens is 1. The average molecular weight is 289 g/mol. The Labute approximate surface area is 116 Å². The van der Waals surface area contributed by atoms with E-state index in [1.54, 1.807) is 18.7 Å². The van der Waals surface area contributed by atoms with E-state index in [0.717, 1.165) is 22.1 Å². The van der Waals surface area contributed by atoms with Gasteiger partial charge in [-0.15, -0.1) is 0 Å². The first-order valence-electron chi connectivity index (χ1n) is 5.80. The van der Waals surface area contributed by atoms with Crippen LogP contribution >= 0.6 is 23.4 Å². The number of carbonyl (C=O) groups is 1. The molecular weight excluding hydrogens is 272 g/mol. The van der Waals surface area contributed by atoms with Gasteiger partial charge in [0.15, 0.2) is 6.10 Å². The maximum atomic E-state index is 10.9. The van der Waals surface area contributed by atoms with Crippen LogP contribution in [0.4, 0.5) is 0 Å². The van der Waals surface area contributed by atoms with Crippen molar-refractivity contribution in [2.75, 3.05) is 12.4 Å². The van der Waals surface area contributed by atoms with Gasteiger partial charge in [-0.3, -0.25) is 0 Å². The van der Waals surface area contributed by atoms with Crippen LogP contribution in [-0.2, 0) is 15.3 Å². The molecule has 3 nitrogen and oxygen atoms in total. The molecule has 1 aromatic carbocycles. The van der Waals surface area contributed by atoms with E-state index in [0.29, 0.717) is 13.0 Å². The zero-order valence-electron chi connectivity index (χ0n) is 10.3. The molecule has 18 heavy (non-hydrogen) atoms. The predicted octanol–water partition coefficient (Wildman–Crippen LogP) is 3.45. The molecule has 0 spiro atoms. The van der Waals surface area contributed by atoms with Gasteiger partial charge in [-0.25, -0.2) is 4.79 Å². The third-order valence-electron chi connectivity index (χ3n) is 2.38. The van der Waals surface area contributed by atoms with Crippen molar-refractivity contribution in [2.24, 2.45) is 0 Å². The van der Waals surface area contributed by atoms with Crippen LogP contribution < -0.4 is 0 Å². The summed E-state index contributed by atoms with van der Waals surface area (Å²) in [6.07, 6.45) is -0.188. The molecule has 1 aromatic rings. The number of hydrogen-bond acceptors (Lipinski definition) is 3. The molecule has 1 N–H and O–H groups in total. The summed E-state index contributed by atoms with van der Waals surface area (Å²) in [5.41, 5.74) is 1.08. The summed E-state index contributed by atoms with van der Waals surface area (Å²) < 4.78 is 5.14. The lowest BCUT2D eigenvalue weighted by Crippen LogP contribution is -2.24. The smallest absolute Gasteiger partial charge is 0.332 e. The van der Waals surface area contributed by atoms with Crippen molar-refractivity contribution in [3.63, 3.8) is 0 Å². The second kappa shape index (κ2) is 8.40. The van der Waals surface area contributed by atoms with E-state index in [4.69, 9.17) is 21.4 Å². The van der Waals surface area contributed by atoms with Crippen LogP contribution in [-0.4, -0.2) is 29.5 Å². The Hall–Kier alpha value is -0.710. The van der Waals surface area contributed by atoms with E-state index < -0.39 is 12.1 Å². The Balaban J connectivity index is 2.30. The minimum absolute atomic E-state index is 0.423. The van der Waals surface area contributed by atoms with Gasteiger partial charge in [0.25, 0.3) is 0 Å². The Morgan fingerprint density at radius 1 is 1.50 bits per heavy atom. The number of aliphatic carboxylic acids is 1. The number of carboxylic acid groups (broad SMARTS) is 1. The summed E-state index contributed by atoms with van der Waals surface area (Å²) in [4.78, 5) is 10.9. The Morgan fingerprint density at radius 3 is 2.83 bits per heavy atom. The third-order valence-corrected chi connectivity index (χ3v) is 3.79. The molecule has 0 fully saturated rings. The van der Waals surface area contributed by atoms with Gasteiger partial charge in [0.05, 0.1) is 0 Å². The summed E-state index contributed by atoms with van der Waals surface area (Å²) in [5, 5.41) is 9.66. The van der Waals surface area contributed by atoms with E-state index in [1.807, 2.05) is 24.3 Å². The highest BCUT2D eigenvalue weighted by atomic mass is 35.5. The second-order valence-electron chi connectivity index (χ2n) is 3.71. The molecule has 1 atom stereocenters. The largest absolute Gasteiger partial charge is 0.479 e. The summed E-state index contributed by atoms with van der Waals surface area (Å²) in [6, 6.07) is 7.68. The summed E-state index contributed by atoms with van der Waals surface area (Å²) in [6.45, 7) is 2.22. The van der Waals surface area contributed by atoms with Crippen molar-refractivity contribution in [3.8, 4) is 0 Å². The van der Waals surface area contributed by atoms with E-state index in [9.17, 15) is 4.79 Å². The molecule has 0 aliphatic heterocycles. The normalized spacial score (nSPS) is 12.3. The molecule has 0 heterocycles. The van der Waals surface area contributed by atoms with Gasteiger partial charge < -0.3 is 9.84 Å². The average Bonchev–Trinajstić information content (AvgIpc) is 2.35. The lowest BCUT2D eigenvalue weighted by atomic mass is 10.2. The zero-order chi connectivity index (χ0) is 13.4. The minimum Gasteiger partial charge on any atom is -0.479 e. The van der Waals surface area contributed by atoms with Crippen molar-refractivity contribution in [1.82, 2.24) is 0 Å². The third kappa shape index (κ3) is 5.29. The van der Waals surface area contributed by atoms with Crippen molar-refractivity contribution in [1.29, 1.82) is 0 Å². The van der Waals surface area contributed by atoms with Crippen molar-refractivity contribution in [2.45, 2.75) is 25.2 Å². The first kappa shape index (κ1) is 15.3. The van der Waals surface area contributed by atoms with E-state index in [-0.39, 0.29) is 0 Å². The summed E-state index contributed by atoms with van der Waals surface area (Å²) in [7, 11) is 0. The van der Waals surface area contributed by atoms with Gasteiger partial charge in [0.2, 0.25) is 0 Å². The van der Waals surface area contributed by atoms with E-state index in [2.05, 4.69) is 0 Å². The van der Waals surface area contributed by atoms with Crippen LogP contribution in [0.2, 0.25) is 5.02 Å². The Bertz CT molecular complexity index is 384. The van der Waals surface area contributed by atoms with Crippen LogP contribution in [0.5, 0.6) is 0 Å². The molecule has 0 radical (unpaired) electrons. The first-order chi connectivity index (χ1) is 8.65. The summed E-state index contributed by atoms with van der Waals surface area (Å²) >= 11 is 7.70. The molecule has 1 unspecified atom stereocenters. The molecule has 0 aliphatic rings. The highest BCUT2D eigenvalue weighted by Gasteiger charge is 2.16. The standard InChI is InChI=1S/C13H17ClO3S/c1-2-17-12(13(15)16)7-8-18-9-10-5-3-4-6-11(10)14/h3-6,12H,2,7-9H2,1H3,(H,15,16). The predicted molar refractivity (Wildman–Crippen MR) is 75.3 cm³/mol. The van der Waals surface area contributed by atoms with Crippen molar-refractivity contribution >= 4 is 29.3 Å². The van der Waals surface area contributed by atoms with Gasteiger partial charge in [-0.05, 0) is 30.7 Å². The lowest BCUT2D eigenvalue weighted by molar-refractivity contribution is -0.150. The molecule has 100 valence electrons. The number of carboxylic acids is 1. The fraction of sp³-hybridized carbons (Fsp3) is 0.462. The van der Waals surface area contributed by atoms with E-state index in [1.165, 1.54) is 0 Å². The van der Waals surface area contributed by atoms with Gasteiger partial charge in [0.1, 0.15) is 0 Å². The number of benzene rings is 1. The molecule has 0 bridgehead atoms. The molecular formula is C13H17ClO3S. The van der Waals surface area contributed by atoms with Gasteiger partial charge in [0, 0.05) is 17.4 Å². The van der Waals surface area contributed by atoms with Crippen LogP contribution in [0.25, 0.3) is 0 Å². The zero-order valence-corrected chi connectivity index (χ0v) is 11.8. The monoisotopic (exact) mass is 288 g/mol. The van der Waals surface area contributed by atoms with Crippen LogP contribution in [0, 0.1) is 0 Å². The molecule has 0 aromatic heterocycles. The number of ether oxygens (including phenoxy) is 1. The van der Waals surface area contributed by atoms with Gasteiger partial charge in [-0.2, -0.15) is 11.8 Å². The fourth-order valence-electron chi connectivity index (χ4n) is 1.47. The Kier molecular flexibility index (Phi) is 7.16. The van der Waals surface area contributed by atoms with Crippen molar-refractivity contribution in [3.05, 3.63) is 34.9 Å². The first-order valence-corrected chi connectivity index (χ1v) is 7.34. The quantitative estimate of drug-likeness (QED) is 0.744. The number of hydrogen-bond donors (Lipinski definition) is 1. The molecule has 0 saturated heterocycles. The SMILES string of the molecule is CCOC(CCSCc1ccccc1Cl)C(=O)O. The van der Waals surface area contributed by atoms with Crippen LogP contribution in [0.3, 0.4) is 0 Å². The lowest BCUT2D eigenvalue weighted by Gasteiger charge is -2.11. The maximum absolute atomic E-state index is 10.9. The molecule has 0 saturated carbocycles. The molecule has 0 amide bonds. The van der Waals surface area contributed by atoms with E-state index >= 15 is 0 Å². The molecule has 1 rings (SSSR count). The van der Waals surface area contributed by atoms with Crippen molar-refractivity contribution < 1.29 is 14.6 Å². The Morgan fingerprint density at radius 2 is 2.22 bits per heavy atom. The summed E-state index contributed by atoms with van der Waals surface area (Å²) in [5.74, 6) is 0.635. The second-order valence-corrected chi connectivity index (χ2v) is 5.23. The number of thioether (sulfide) groups is 1. The van der Waals surface area contributed by atoms with Crippen LogP contribution in [0.15, 0.2) is 24.3 Å². The topological polar surface area (TPSA) is 46.5 Å². The van der Waals surface area contributed by atoms with Gasteiger partial charge >= 0.3 is 5.97 Å². The fourth-order valence-corrected chi connectivity index (χ4v) is 2.75. The van der Waals surface area contributed by atoms with Crippen LogP contribution in [0.1, 0.15) is 18.9 Å². The highest BCUT2D eigenvalue weighted by molar-refractivity contribution is 7.98. The minimum atomic E-state index is -0.893. The molecule has 5 heteroatoms. The molecule has 0 aliphatic carbocycles. The van der Waals surface area contributed by atoms with Gasteiger partial charge in [-0.1, -0.05) is 29.8 Å². The highest BCUT2D eigenvalue weighted by Crippen LogP contribution is 2.21. The number of rotatable bonds is 8.